The molecule has 0 aromatic carbocycles. The Morgan fingerprint density at radius 1 is 1.13 bits per heavy atom. The summed E-state index contributed by atoms with van der Waals surface area (Å²) in [5.41, 5.74) is 5.50. The lowest BCUT2D eigenvalue weighted by molar-refractivity contribution is -0.120. The molecular weight excluding hydrogens is 405 g/mol. The molecule has 0 aromatic heterocycles. The van der Waals surface area contributed by atoms with Crippen LogP contribution in [0, 0.1) is 5.92 Å². The zero-order chi connectivity index (χ0) is 22.5. The van der Waals surface area contributed by atoms with E-state index >= 15 is 0 Å². The SMILES string of the molecule is NC(=O)[C@H](CC1CCCCCCC1)NC(=O)N1CCOCC1.O=C1CO[C@@H](CCF)C1. The van der Waals surface area contributed by atoms with Gasteiger partial charge < -0.3 is 25.4 Å². The van der Waals surface area contributed by atoms with Crippen LogP contribution in [0.3, 0.4) is 0 Å². The molecule has 3 fully saturated rings. The van der Waals surface area contributed by atoms with E-state index in [4.69, 9.17) is 15.2 Å². The number of primary amides is 1. The number of nitrogens with zero attached hydrogens (tertiary/aromatic N) is 1. The fourth-order valence-corrected chi connectivity index (χ4v) is 4.25. The van der Waals surface area contributed by atoms with E-state index in [1.807, 2.05) is 0 Å². The van der Waals surface area contributed by atoms with E-state index in [0.29, 0.717) is 51.5 Å². The van der Waals surface area contributed by atoms with Crippen molar-refractivity contribution >= 4 is 17.7 Å². The van der Waals surface area contributed by atoms with Crippen LogP contribution in [0.5, 0.6) is 0 Å². The molecule has 2 atom stereocenters. The van der Waals surface area contributed by atoms with E-state index < -0.39 is 18.6 Å². The van der Waals surface area contributed by atoms with E-state index in [1.54, 1.807) is 4.90 Å². The van der Waals surface area contributed by atoms with Gasteiger partial charge in [0.15, 0.2) is 5.78 Å². The van der Waals surface area contributed by atoms with E-state index in [1.165, 1.54) is 32.1 Å². The maximum atomic E-state index is 12.2. The number of ether oxygens (including phenoxy) is 2. The summed E-state index contributed by atoms with van der Waals surface area (Å²) < 4.78 is 21.7. The molecule has 3 amide bonds. The van der Waals surface area contributed by atoms with Crippen LogP contribution in [0.15, 0.2) is 0 Å². The Hall–Kier alpha value is -1.74. The number of hydrogen-bond donors (Lipinski definition) is 2. The number of rotatable bonds is 6. The van der Waals surface area contributed by atoms with Crippen LogP contribution in [-0.4, -0.2) is 74.4 Å². The summed E-state index contributed by atoms with van der Waals surface area (Å²) >= 11 is 0. The van der Waals surface area contributed by atoms with Crippen molar-refractivity contribution in [2.45, 2.75) is 76.4 Å². The summed E-state index contributed by atoms with van der Waals surface area (Å²) in [4.78, 5) is 36.1. The maximum Gasteiger partial charge on any atom is 0.318 e. The van der Waals surface area contributed by atoms with Crippen molar-refractivity contribution in [1.82, 2.24) is 10.2 Å². The standard InChI is InChI=1S/C16H29N3O3.C6H9FO2/c17-15(20)14(12-13-6-4-2-1-3-5-7-13)18-16(21)19-8-10-22-11-9-19;7-2-1-6-3-5(8)4-9-6/h13-14H,1-12H2,(H2,17,20)(H,18,21);6H,1-4H2/t14-;6-/m00/s1. The largest absolute Gasteiger partial charge is 0.378 e. The highest BCUT2D eigenvalue weighted by molar-refractivity contribution is 5.86. The fourth-order valence-electron chi connectivity index (χ4n) is 4.25. The van der Waals surface area contributed by atoms with E-state index in [9.17, 15) is 18.8 Å². The van der Waals surface area contributed by atoms with Crippen LogP contribution in [0.1, 0.15) is 64.2 Å². The number of alkyl halides is 1. The molecule has 178 valence electrons. The van der Waals surface area contributed by atoms with E-state index in [-0.39, 0.29) is 24.5 Å². The van der Waals surface area contributed by atoms with Crippen molar-refractivity contribution in [2.24, 2.45) is 11.7 Å². The average molecular weight is 444 g/mol. The molecule has 0 aromatic rings. The van der Waals surface area contributed by atoms with E-state index in [2.05, 4.69) is 5.32 Å². The van der Waals surface area contributed by atoms with Gasteiger partial charge in [0.05, 0.1) is 26.0 Å². The van der Waals surface area contributed by atoms with Gasteiger partial charge in [0.2, 0.25) is 5.91 Å². The molecule has 0 radical (unpaired) electrons. The summed E-state index contributed by atoms with van der Waals surface area (Å²) in [6, 6.07) is -0.752. The van der Waals surface area contributed by atoms with Gasteiger partial charge in [0.1, 0.15) is 12.6 Å². The molecule has 0 unspecified atom stereocenters. The Balaban J connectivity index is 0.000000316. The van der Waals surface area contributed by atoms with Crippen molar-refractivity contribution in [3.8, 4) is 0 Å². The number of ketones is 1. The summed E-state index contributed by atoms with van der Waals surface area (Å²) in [7, 11) is 0. The number of carbonyl (C=O) groups is 3. The molecule has 3 aliphatic rings. The Morgan fingerprint density at radius 2 is 1.77 bits per heavy atom. The predicted octanol–water partition coefficient (Wildman–Crippen LogP) is 2.34. The number of carbonyl (C=O) groups excluding carboxylic acids is 3. The molecule has 3 N–H and O–H groups in total. The lowest BCUT2D eigenvalue weighted by atomic mass is 9.86. The second-order valence-corrected chi connectivity index (χ2v) is 8.60. The number of nitrogens with two attached hydrogens (primary N) is 1. The van der Waals surface area contributed by atoms with Gasteiger partial charge in [-0.25, -0.2) is 4.79 Å². The van der Waals surface area contributed by atoms with Gasteiger partial charge in [-0.1, -0.05) is 44.9 Å². The Kier molecular flexibility index (Phi) is 11.8. The van der Waals surface area contributed by atoms with Crippen LogP contribution in [0.25, 0.3) is 0 Å². The van der Waals surface area contributed by atoms with Crippen LogP contribution >= 0.6 is 0 Å². The first-order valence-electron chi connectivity index (χ1n) is 11.6. The minimum absolute atomic E-state index is 0.0912. The second-order valence-electron chi connectivity index (χ2n) is 8.60. The molecule has 1 saturated carbocycles. The number of amides is 3. The van der Waals surface area contributed by atoms with Gasteiger partial charge in [0.25, 0.3) is 0 Å². The number of nitrogens with one attached hydrogen (secondary N) is 1. The van der Waals surface area contributed by atoms with Gasteiger partial charge in [-0.15, -0.1) is 0 Å². The smallest absolute Gasteiger partial charge is 0.318 e. The van der Waals surface area contributed by atoms with Crippen LogP contribution in [0.2, 0.25) is 0 Å². The molecular formula is C22H38FN3O5. The average Bonchev–Trinajstić information content (AvgIpc) is 3.15. The molecule has 31 heavy (non-hydrogen) atoms. The molecule has 1 aliphatic carbocycles. The fraction of sp³-hybridized carbons (Fsp3) is 0.864. The van der Waals surface area contributed by atoms with Crippen LogP contribution in [0.4, 0.5) is 9.18 Å². The van der Waals surface area contributed by atoms with Crippen molar-refractivity contribution in [2.75, 3.05) is 39.6 Å². The third-order valence-corrected chi connectivity index (χ3v) is 6.10. The van der Waals surface area contributed by atoms with Crippen molar-refractivity contribution in [1.29, 1.82) is 0 Å². The Bertz CT molecular complexity index is 563. The minimum atomic E-state index is -0.556. The third-order valence-electron chi connectivity index (χ3n) is 6.10. The summed E-state index contributed by atoms with van der Waals surface area (Å²) in [6.07, 6.45) is 9.88. The summed E-state index contributed by atoms with van der Waals surface area (Å²) in [5, 5.41) is 2.83. The van der Waals surface area contributed by atoms with Crippen LogP contribution in [-0.2, 0) is 19.1 Å². The van der Waals surface area contributed by atoms with Gasteiger partial charge in [0, 0.05) is 25.9 Å². The maximum absolute atomic E-state index is 12.2. The van der Waals surface area contributed by atoms with E-state index in [0.717, 1.165) is 12.8 Å². The zero-order valence-electron chi connectivity index (χ0n) is 18.5. The van der Waals surface area contributed by atoms with Gasteiger partial charge >= 0.3 is 6.03 Å². The number of hydrogen-bond acceptors (Lipinski definition) is 5. The van der Waals surface area contributed by atoms with Crippen LogP contribution < -0.4 is 11.1 Å². The molecule has 2 saturated heterocycles. The van der Waals surface area contributed by atoms with Crippen molar-refractivity contribution in [3.05, 3.63) is 0 Å². The third kappa shape index (κ3) is 9.95. The lowest BCUT2D eigenvalue weighted by Crippen LogP contribution is -2.53. The van der Waals surface area contributed by atoms with Crippen molar-refractivity contribution in [3.63, 3.8) is 0 Å². The normalized spacial score (nSPS) is 23.8. The number of urea groups is 1. The highest BCUT2D eigenvalue weighted by atomic mass is 19.1. The number of morpholine rings is 1. The molecule has 3 rings (SSSR count). The highest BCUT2D eigenvalue weighted by Crippen LogP contribution is 2.26. The quantitative estimate of drug-likeness (QED) is 0.655. The molecule has 0 bridgehead atoms. The summed E-state index contributed by atoms with van der Waals surface area (Å²) in [6.45, 7) is 2.04. The zero-order valence-corrected chi connectivity index (χ0v) is 18.5. The molecule has 0 spiro atoms. The topological polar surface area (TPSA) is 111 Å². The van der Waals surface area contributed by atoms with Crippen molar-refractivity contribution < 1.29 is 28.2 Å². The first kappa shape index (κ1) is 25.5. The lowest BCUT2D eigenvalue weighted by Gasteiger charge is -2.30. The second kappa shape index (κ2) is 14.3. The van der Waals surface area contributed by atoms with Gasteiger partial charge in [-0.3, -0.25) is 14.0 Å². The molecule has 9 heteroatoms. The first-order chi connectivity index (χ1) is 15.0. The Morgan fingerprint density at radius 3 is 2.32 bits per heavy atom. The summed E-state index contributed by atoms with van der Waals surface area (Å²) in [5.74, 6) is 0.153. The predicted molar refractivity (Wildman–Crippen MR) is 114 cm³/mol. The molecule has 8 nitrogen and oxygen atoms in total. The van der Waals surface area contributed by atoms with Gasteiger partial charge in [-0.2, -0.15) is 0 Å². The number of halogens is 1. The highest BCUT2D eigenvalue weighted by Gasteiger charge is 2.26. The molecule has 2 heterocycles. The monoisotopic (exact) mass is 443 g/mol. The minimum Gasteiger partial charge on any atom is -0.378 e. The first-order valence-corrected chi connectivity index (χ1v) is 11.6. The van der Waals surface area contributed by atoms with Gasteiger partial charge in [-0.05, 0) is 12.3 Å². The molecule has 2 aliphatic heterocycles. The Labute approximate surface area is 184 Å². The number of Topliss-reactive ketones (excluding diaryl/α,β-unsaturated/α-hetero) is 1.